The van der Waals surface area contributed by atoms with Crippen LogP contribution >= 0.6 is 0 Å². The summed E-state index contributed by atoms with van der Waals surface area (Å²) in [6, 6.07) is 10.0. The van der Waals surface area contributed by atoms with Crippen LogP contribution in [-0.2, 0) is 10.4 Å². The summed E-state index contributed by atoms with van der Waals surface area (Å²) in [5.41, 5.74) is 1.17. The fraction of sp³-hybridized carbons (Fsp3) is 0. The molecule has 0 amide bonds. The van der Waals surface area contributed by atoms with Crippen LogP contribution in [0.1, 0.15) is 5.56 Å². The second kappa shape index (κ2) is 8.16. The van der Waals surface area contributed by atoms with E-state index in [1.165, 1.54) is 5.56 Å². The van der Waals surface area contributed by atoms with Crippen LogP contribution in [0.5, 0.6) is 0 Å². The molecule has 0 aromatic heterocycles. The van der Waals surface area contributed by atoms with E-state index in [9.17, 15) is 0 Å². The minimum atomic E-state index is -5.17. The van der Waals surface area contributed by atoms with Gasteiger partial charge in [0, 0.05) is 10.4 Å². The maximum Gasteiger partial charge on any atom is 1.00 e. The molecule has 0 aliphatic heterocycles. The Bertz CT molecular complexity index is 339. The normalized spacial score (nSPS) is 9.00. The average molecular weight is 223 g/mol. The van der Waals surface area contributed by atoms with Gasteiger partial charge in [0.25, 0.3) is 0 Å². The smallest absolute Gasteiger partial charge is 0.759 e. The molecule has 0 saturated heterocycles. The van der Waals surface area contributed by atoms with E-state index in [0.717, 1.165) is 0 Å². The molecule has 0 spiro atoms. The van der Waals surface area contributed by atoms with Crippen molar-refractivity contribution < 1.29 is 47.1 Å². The van der Waals surface area contributed by atoms with Gasteiger partial charge in [-0.3, -0.25) is 8.42 Å². The monoisotopic (exact) mass is 223 g/mol. The molecular weight excluding hydrogens is 215 g/mol. The Hall–Kier alpha value is -0.170. The van der Waals surface area contributed by atoms with Crippen molar-refractivity contribution in [2.24, 2.45) is 0 Å². The Labute approximate surface area is 106 Å². The molecular formula is C8H8NaO4S-. The van der Waals surface area contributed by atoms with E-state index < -0.39 is 10.4 Å². The largest absolute Gasteiger partial charge is 1.00 e. The first-order valence-electron chi connectivity index (χ1n) is 3.27. The van der Waals surface area contributed by atoms with Crippen molar-refractivity contribution in [1.82, 2.24) is 0 Å². The molecule has 0 radical (unpaired) electrons. The summed E-state index contributed by atoms with van der Waals surface area (Å²) in [6.45, 7) is 3.63. The Morgan fingerprint density at radius 3 is 1.71 bits per heavy atom. The molecule has 0 unspecified atom stereocenters. The first-order chi connectivity index (χ1) is 5.93. The third-order valence-corrected chi connectivity index (χ3v) is 1.04. The Morgan fingerprint density at radius 1 is 1.14 bits per heavy atom. The van der Waals surface area contributed by atoms with E-state index in [2.05, 4.69) is 6.58 Å². The van der Waals surface area contributed by atoms with Gasteiger partial charge >= 0.3 is 29.6 Å². The third-order valence-electron chi connectivity index (χ3n) is 1.04. The van der Waals surface area contributed by atoms with Gasteiger partial charge in [-0.15, -0.1) is 0 Å². The van der Waals surface area contributed by atoms with Gasteiger partial charge in [0.05, 0.1) is 0 Å². The number of hydrogen-bond acceptors (Lipinski definition) is 4. The quantitative estimate of drug-likeness (QED) is 0.313. The van der Waals surface area contributed by atoms with Crippen LogP contribution in [0, 0.1) is 0 Å². The van der Waals surface area contributed by atoms with Gasteiger partial charge in [-0.1, -0.05) is 43.0 Å². The summed E-state index contributed by atoms with van der Waals surface area (Å²) < 4.78 is 34.1. The van der Waals surface area contributed by atoms with E-state index in [4.69, 9.17) is 17.5 Å². The van der Waals surface area contributed by atoms with E-state index in [1.807, 2.05) is 36.4 Å². The summed E-state index contributed by atoms with van der Waals surface area (Å²) in [5.74, 6) is 0. The van der Waals surface area contributed by atoms with Crippen molar-refractivity contribution in [2.45, 2.75) is 0 Å². The molecule has 0 bridgehead atoms. The molecule has 0 N–H and O–H groups in total. The Balaban J connectivity index is 0. The molecule has 14 heavy (non-hydrogen) atoms. The molecule has 6 heteroatoms. The van der Waals surface area contributed by atoms with Crippen LogP contribution in [0.3, 0.4) is 0 Å². The van der Waals surface area contributed by atoms with Gasteiger partial charge in [0.2, 0.25) is 0 Å². The standard InChI is InChI=1S/C8H8.Na.H2O4S/c1-2-8-6-4-3-5-7-8;;1-5(2,3)4/h2-7H,1H2;;(H2,1,2,3,4)/q;+1;/p-2. The molecule has 1 rings (SSSR count). The van der Waals surface area contributed by atoms with E-state index in [0.29, 0.717) is 0 Å². The van der Waals surface area contributed by atoms with Gasteiger partial charge < -0.3 is 9.11 Å². The molecule has 72 valence electrons. The van der Waals surface area contributed by atoms with Gasteiger partial charge in [-0.05, 0) is 5.56 Å². The second-order valence-electron chi connectivity index (χ2n) is 2.02. The molecule has 0 heterocycles. The second-order valence-corrected chi connectivity index (χ2v) is 2.84. The van der Waals surface area contributed by atoms with Crippen LogP contribution in [0.2, 0.25) is 0 Å². The van der Waals surface area contributed by atoms with Crippen LogP contribution in [0.4, 0.5) is 0 Å². The van der Waals surface area contributed by atoms with Crippen molar-refractivity contribution in [3.05, 3.63) is 42.5 Å². The van der Waals surface area contributed by atoms with Crippen LogP contribution in [-0.4, -0.2) is 17.5 Å². The van der Waals surface area contributed by atoms with E-state index >= 15 is 0 Å². The van der Waals surface area contributed by atoms with Gasteiger partial charge in [0.15, 0.2) is 0 Å². The van der Waals surface area contributed by atoms with E-state index in [1.54, 1.807) is 0 Å². The van der Waals surface area contributed by atoms with Crippen molar-refractivity contribution in [3.8, 4) is 0 Å². The van der Waals surface area contributed by atoms with Crippen LogP contribution in [0.25, 0.3) is 6.08 Å². The molecule has 4 nitrogen and oxygen atoms in total. The fourth-order valence-electron chi connectivity index (χ4n) is 0.589. The predicted octanol–water partition coefficient (Wildman–Crippen LogP) is -2.00. The molecule has 0 fully saturated rings. The zero-order valence-electron chi connectivity index (χ0n) is 7.71. The van der Waals surface area contributed by atoms with Crippen molar-refractivity contribution in [1.29, 1.82) is 0 Å². The topological polar surface area (TPSA) is 80.3 Å². The number of benzene rings is 1. The van der Waals surface area contributed by atoms with E-state index in [-0.39, 0.29) is 29.6 Å². The summed E-state index contributed by atoms with van der Waals surface area (Å²) in [6.07, 6.45) is 1.83. The zero-order valence-corrected chi connectivity index (χ0v) is 10.5. The van der Waals surface area contributed by atoms with Crippen molar-refractivity contribution >= 4 is 16.5 Å². The molecule has 1 aromatic carbocycles. The fourth-order valence-corrected chi connectivity index (χ4v) is 0.589. The predicted molar refractivity (Wildman–Crippen MR) is 47.0 cm³/mol. The molecule has 0 aliphatic carbocycles. The summed E-state index contributed by atoms with van der Waals surface area (Å²) in [4.78, 5) is 0. The maximum atomic E-state index is 8.52. The van der Waals surface area contributed by atoms with Gasteiger partial charge in [-0.2, -0.15) is 0 Å². The van der Waals surface area contributed by atoms with Crippen molar-refractivity contribution in [3.63, 3.8) is 0 Å². The Morgan fingerprint density at radius 2 is 1.50 bits per heavy atom. The van der Waals surface area contributed by atoms with Crippen LogP contribution < -0.4 is 29.6 Å². The summed E-state index contributed by atoms with van der Waals surface area (Å²) in [7, 11) is -5.17. The summed E-state index contributed by atoms with van der Waals surface area (Å²) >= 11 is 0. The molecule has 0 saturated carbocycles. The minimum absolute atomic E-state index is 0. The maximum absolute atomic E-state index is 8.52. The first-order valence-corrected chi connectivity index (χ1v) is 4.61. The Kier molecular flexibility index (Phi) is 9.49. The van der Waals surface area contributed by atoms with Crippen molar-refractivity contribution in [2.75, 3.05) is 0 Å². The molecule has 0 atom stereocenters. The number of rotatable bonds is 1. The number of hydrogen-bond donors (Lipinski definition) is 0. The minimum Gasteiger partial charge on any atom is -0.759 e. The molecule has 0 aliphatic rings. The first kappa shape index (κ1) is 16.3. The molecule has 1 aromatic rings. The third kappa shape index (κ3) is 14.4. The summed E-state index contributed by atoms with van der Waals surface area (Å²) in [5, 5.41) is 0. The zero-order chi connectivity index (χ0) is 10.3. The van der Waals surface area contributed by atoms with Gasteiger partial charge in [-0.25, -0.2) is 0 Å². The van der Waals surface area contributed by atoms with Crippen LogP contribution in [0.15, 0.2) is 36.9 Å². The average Bonchev–Trinajstić information content (AvgIpc) is 2.03. The SMILES string of the molecule is C=Cc1ccccc1.O=S(=O)([O-])[O-].[Na+]. The van der Waals surface area contributed by atoms with Gasteiger partial charge in [0.1, 0.15) is 0 Å².